The van der Waals surface area contributed by atoms with Gasteiger partial charge in [0.1, 0.15) is 17.7 Å². The number of amidine groups is 2. The molecule has 12 heteroatoms. The lowest BCUT2D eigenvalue weighted by Gasteiger charge is -2.25. The number of benzene rings is 2. The molecule has 38 heavy (non-hydrogen) atoms. The van der Waals surface area contributed by atoms with Crippen LogP contribution in [0.1, 0.15) is 29.7 Å². The fourth-order valence-corrected chi connectivity index (χ4v) is 4.84. The highest BCUT2D eigenvalue weighted by atomic mass is 32.2. The highest BCUT2D eigenvalue weighted by molar-refractivity contribution is 8.14. The molecule has 10 nitrogen and oxygen atoms in total. The van der Waals surface area contributed by atoms with Crippen LogP contribution < -0.4 is 10.6 Å². The molecule has 3 N–H and O–H groups in total. The normalized spacial score (nSPS) is 15.9. The summed E-state index contributed by atoms with van der Waals surface area (Å²) in [4.78, 5) is 48.9. The zero-order valence-electron chi connectivity index (χ0n) is 20.4. The van der Waals surface area contributed by atoms with Crippen molar-refractivity contribution < 1.29 is 18.8 Å². The highest BCUT2D eigenvalue weighted by Gasteiger charge is 2.41. The van der Waals surface area contributed by atoms with Crippen molar-refractivity contribution in [2.75, 3.05) is 11.1 Å². The number of hydrogen-bond acceptors (Lipinski definition) is 7. The first-order valence-electron chi connectivity index (χ1n) is 11.9. The number of amides is 3. The minimum absolute atomic E-state index is 0.0143. The van der Waals surface area contributed by atoms with Gasteiger partial charge in [0.15, 0.2) is 11.0 Å². The molecule has 0 aliphatic carbocycles. The van der Waals surface area contributed by atoms with Gasteiger partial charge in [0.25, 0.3) is 5.91 Å². The first-order chi connectivity index (χ1) is 18.4. The van der Waals surface area contributed by atoms with E-state index in [1.807, 2.05) is 31.2 Å². The Balaban J connectivity index is 1.23. The molecule has 0 radical (unpaired) electrons. The van der Waals surface area contributed by atoms with Gasteiger partial charge >= 0.3 is 0 Å². The lowest BCUT2D eigenvalue weighted by Crippen LogP contribution is -2.41. The number of aliphatic imine (C=N–C) groups is 2. The largest absolute Gasteiger partial charge is 0.352 e. The van der Waals surface area contributed by atoms with E-state index in [0.29, 0.717) is 28.1 Å². The summed E-state index contributed by atoms with van der Waals surface area (Å²) >= 11 is 1.13. The van der Waals surface area contributed by atoms with Crippen LogP contribution in [0.5, 0.6) is 0 Å². The monoisotopic (exact) mass is 533 g/mol. The van der Waals surface area contributed by atoms with E-state index in [-0.39, 0.29) is 48.7 Å². The zero-order chi connectivity index (χ0) is 26.6. The van der Waals surface area contributed by atoms with Crippen LogP contribution in [0.15, 0.2) is 64.6 Å². The van der Waals surface area contributed by atoms with Crippen molar-refractivity contribution in [3.63, 3.8) is 0 Å². The number of rotatable bonds is 8. The number of aromatic nitrogens is 2. The average Bonchev–Trinajstić information content (AvgIpc) is 3.48. The van der Waals surface area contributed by atoms with Crippen molar-refractivity contribution in [3.8, 4) is 0 Å². The number of para-hydroxylation sites is 1. The Hall–Kier alpha value is -4.32. The highest BCUT2D eigenvalue weighted by Crippen LogP contribution is 2.34. The SMILES string of the molecule is Cc1cc(NC(=O)CSC2=Nc3ccccc3C3=N[C@H](CCC(=O)NCc4ccc(F)cc4)C(=O)N23)n[nH]1. The third-order valence-corrected chi connectivity index (χ3v) is 6.84. The number of nitrogens with zero attached hydrogens (tertiary/aromatic N) is 4. The predicted octanol–water partition coefficient (Wildman–Crippen LogP) is 3.28. The first-order valence-corrected chi connectivity index (χ1v) is 12.9. The molecule has 5 rings (SSSR count). The number of halogens is 1. The molecule has 2 aliphatic rings. The van der Waals surface area contributed by atoms with Crippen LogP contribution in [-0.2, 0) is 20.9 Å². The average molecular weight is 534 g/mol. The van der Waals surface area contributed by atoms with E-state index < -0.39 is 6.04 Å². The minimum Gasteiger partial charge on any atom is -0.352 e. The third-order valence-electron chi connectivity index (χ3n) is 5.90. The number of anilines is 1. The minimum atomic E-state index is -0.751. The molecule has 2 aliphatic heterocycles. The molecule has 0 saturated heterocycles. The number of aryl methyl sites for hydroxylation is 1. The van der Waals surface area contributed by atoms with Crippen LogP contribution in [-0.4, -0.2) is 55.6 Å². The summed E-state index contributed by atoms with van der Waals surface area (Å²) < 4.78 is 13.1. The summed E-state index contributed by atoms with van der Waals surface area (Å²) in [6, 6.07) is 14.2. The van der Waals surface area contributed by atoms with Gasteiger partial charge in [-0.15, -0.1) is 0 Å². The smallest absolute Gasteiger partial charge is 0.259 e. The van der Waals surface area contributed by atoms with Crippen molar-refractivity contribution in [3.05, 3.63) is 77.2 Å². The third kappa shape index (κ3) is 5.65. The zero-order valence-corrected chi connectivity index (χ0v) is 21.2. The van der Waals surface area contributed by atoms with Gasteiger partial charge in [0.2, 0.25) is 11.8 Å². The van der Waals surface area contributed by atoms with Crippen LogP contribution in [0.25, 0.3) is 0 Å². The summed E-state index contributed by atoms with van der Waals surface area (Å²) in [6.07, 6.45) is 0.308. The Morgan fingerprint density at radius 2 is 1.92 bits per heavy atom. The first kappa shape index (κ1) is 25.3. The molecule has 3 aromatic rings. The quantitative estimate of drug-likeness (QED) is 0.409. The van der Waals surface area contributed by atoms with Crippen LogP contribution in [0.2, 0.25) is 0 Å². The van der Waals surface area contributed by atoms with Crippen molar-refractivity contribution in [2.24, 2.45) is 9.98 Å². The van der Waals surface area contributed by atoms with Gasteiger partial charge in [-0.2, -0.15) is 5.10 Å². The Morgan fingerprint density at radius 3 is 2.68 bits per heavy atom. The van der Waals surface area contributed by atoms with E-state index >= 15 is 0 Å². The number of aromatic amines is 1. The number of hydrogen-bond donors (Lipinski definition) is 3. The second-order valence-electron chi connectivity index (χ2n) is 8.77. The molecule has 0 spiro atoms. The fraction of sp³-hybridized carbons (Fsp3) is 0.231. The molecule has 0 saturated carbocycles. The Kier molecular flexibility index (Phi) is 7.31. The van der Waals surface area contributed by atoms with Crippen molar-refractivity contribution in [1.29, 1.82) is 0 Å². The van der Waals surface area contributed by atoms with E-state index in [9.17, 15) is 18.8 Å². The van der Waals surface area contributed by atoms with Crippen LogP contribution in [0.3, 0.4) is 0 Å². The van der Waals surface area contributed by atoms with Crippen molar-refractivity contribution in [1.82, 2.24) is 20.4 Å². The molecule has 3 amide bonds. The van der Waals surface area contributed by atoms with Crippen LogP contribution in [0.4, 0.5) is 15.9 Å². The van der Waals surface area contributed by atoms with Gasteiger partial charge in [-0.25, -0.2) is 14.3 Å². The van der Waals surface area contributed by atoms with Gasteiger partial charge in [-0.3, -0.25) is 24.5 Å². The summed E-state index contributed by atoms with van der Waals surface area (Å²) in [5.41, 5.74) is 2.96. The standard InChI is InChI=1S/C26H24FN7O3S/c1-15-12-21(33-32-15)31-23(36)14-38-26-30-19-5-3-2-4-18(19)24-29-20(25(37)34(24)26)10-11-22(35)28-13-16-6-8-17(27)9-7-16/h2-9,12,20H,10-11,13-14H2,1H3,(H,28,35)(H2,31,32,33,36)/t20-/m1/s1. The molecule has 0 fully saturated rings. The summed E-state index contributed by atoms with van der Waals surface area (Å²) in [7, 11) is 0. The van der Waals surface area contributed by atoms with Crippen LogP contribution in [0, 0.1) is 12.7 Å². The van der Waals surface area contributed by atoms with E-state index in [1.54, 1.807) is 18.2 Å². The number of carbonyl (C=O) groups is 3. The topological polar surface area (TPSA) is 132 Å². The molecule has 0 unspecified atom stereocenters. The Bertz CT molecular complexity index is 1450. The maximum Gasteiger partial charge on any atom is 0.259 e. The van der Waals surface area contributed by atoms with Crippen molar-refractivity contribution in [2.45, 2.75) is 32.4 Å². The lowest BCUT2D eigenvalue weighted by atomic mass is 10.1. The second-order valence-corrected chi connectivity index (χ2v) is 9.71. The lowest BCUT2D eigenvalue weighted by molar-refractivity contribution is -0.125. The number of H-pyrrole nitrogens is 1. The predicted molar refractivity (Wildman–Crippen MR) is 143 cm³/mol. The van der Waals surface area contributed by atoms with Gasteiger partial charge in [-0.1, -0.05) is 36.0 Å². The van der Waals surface area contributed by atoms with Gasteiger partial charge < -0.3 is 10.6 Å². The number of carbonyl (C=O) groups excluding carboxylic acids is 3. The molecule has 1 atom stereocenters. The van der Waals surface area contributed by atoms with Gasteiger partial charge in [0.05, 0.1) is 11.4 Å². The fourth-order valence-electron chi connectivity index (χ4n) is 4.04. The Morgan fingerprint density at radius 1 is 1.13 bits per heavy atom. The molecule has 194 valence electrons. The van der Waals surface area contributed by atoms with Crippen molar-refractivity contribution >= 4 is 52.0 Å². The summed E-state index contributed by atoms with van der Waals surface area (Å²) in [6.45, 7) is 2.09. The number of fused-ring (bicyclic) bond motifs is 3. The summed E-state index contributed by atoms with van der Waals surface area (Å²) in [5.74, 6) is -0.268. The van der Waals surface area contributed by atoms with E-state index in [0.717, 1.165) is 23.0 Å². The van der Waals surface area contributed by atoms with E-state index in [1.165, 1.54) is 17.0 Å². The number of nitrogens with one attached hydrogen (secondary N) is 3. The summed E-state index contributed by atoms with van der Waals surface area (Å²) in [5, 5.41) is 12.6. The Labute approximate surface area is 221 Å². The molecule has 0 bridgehead atoms. The van der Waals surface area contributed by atoms with Gasteiger partial charge in [-0.05, 0) is 43.2 Å². The number of thioether (sulfide) groups is 1. The van der Waals surface area contributed by atoms with E-state index in [4.69, 9.17) is 0 Å². The molecular weight excluding hydrogens is 509 g/mol. The molecule has 2 aromatic carbocycles. The maximum atomic E-state index is 13.4. The maximum absolute atomic E-state index is 13.4. The molecule has 3 heterocycles. The second kappa shape index (κ2) is 11.0. The van der Waals surface area contributed by atoms with Crippen LogP contribution >= 0.6 is 11.8 Å². The molecule has 1 aromatic heterocycles. The van der Waals surface area contributed by atoms with E-state index in [2.05, 4.69) is 30.8 Å². The van der Waals surface area contributed by atoms with Gasteiger partial charge in [0, 0.05) is 30.3 Å². The molecular formula is C26H24FN7O3S.